The van der Waals surface area contributed by atoms with Crippen molar-refractivity contribution in [2.24, 2.45) is 0 Å². The molecule has 1 N–H and O–H groups in total. The van der Waals surface area contributed by atoms with Crippen molar-refractivity contribution in [1.29, 1.82) is 0 Å². The predicted octanol–water partition coefficient (Wildman–Crippen LogP) is 3.10. The zero-order valence-corrected chi connectivity index (χ0v) is 15.7. The van der Waals surface area contributed by atoms with Crippen LogP contribution in [0, 0.1) is 0 Å². The summed E-state index contributed by atoms with van der Waals surface area (Å²) in [7, 11) is 1.59. The predicted molar refractivity (Wildman–Crippen MR) is 106 cm³/mol. The Morgan fingerprint density at radius 3 is 2.71 bits per heavy atom. The van der Waals surface area contributed by atoms with Crippen LogP contribution in [0.3, 0.4) is 0 Å². The average molecular weight is 378 g/mol. The normalized spacial score (nSPS) is 18.0. The van der Waals surface area contributed by atoms with Gasteiger partial charge in [-0.3, -0.25) is 9.59 Å². The van der Waals surface area contributed by atoms with Crippen molar-refractivity contribution in [3.8, 4) is 11.5 Å². The minimum atomic E-state index is -0.479. The fraction of sp³-hybridized carbons (Fsp3) is 0.273. The van der Waals surface area contributed by atoms with Crippen molar-refractivity contribution >= 4 is 23.6 Å². The topological polar surface area (TPSA) is 67.9 Å². The summed E-state index contributed by atoms with van der Waals surface area (Å²) in [5, 5.41) is 2.90. The Morgan fingerprint density at radius 2 is 1.93 bits per heavy atom. The quantitative estimate of drug-likeness (QED) is 0.888. The van der Waals surface area contributed by atoms with Crippen LogP contribution in [0.25, 0.3) is 6.08 Å². The van der Waals surface area contributed by atoms with Gasteiger partial charge in [-0.2, -0.15) is 0 Å². The van der Waals surface area contributed by atoms with Crippen molar-refractivity contribution in [2.75, 3.05) is 25.6 Å². The van der Waals surface area contributed by atoms with Gasteiger partial charge in [-0.25, -0.2) is 0 Å². The number of hydrogen-bond acceptors (Lipinski definition) is 4. The number of nitrogens with one attached hydrogen (secondary N) is 1. The molecule has 2 amide bonds. The molecular weight excluding hydrogens is 356 g/mol. The summed E-state index contributed by atoms with van der Waals surface area (Å²) in [6.07, 6.45) is 3.31. The molecular formula is C22H22N2O4. The number of fused-ring (bicyclic) bond motifs is 1. The third-order valence-electron chi connectivity index (χ3n) is 5.08. The maximum Gasteiger partial charge on any atom is 0.253 e. The van der Waals surface area contributed by atoms with E-state index in [1.165, 1.54) is 0 Å². The van der Waals surface area contributed by atoms with Gasteiger partial charge in [0.25, 0.3) is 5.91 Å². The molecule has 2 heterocycles. The molecule has 0 radical (unpaired) electrons. The number of rotatable bonds is 4. The molecule has 2 aliphatic rings. The van der Waals surface area contributed by atoms with Crippen molar-refractivity contribution in [2.45, 2.75) is 18.9 Å². The molecule has 0 spiro atoms. The van der Waals surface area contributed by atoms with Gasteiger partial charge < -0.3 is 19.7 Å². The van der Waals surface area contributed by atoms with Crippen LogP contribution in [0.1, 0.15) is 18.4 Å². The second-order valence-corrected chi connectivity index (χ2v) is 6.87. The highest BCUT2D eigenvalue weighted by molar-refractivity contribution is 6.03. The Labute approximate surface area is 163 Å². The summed E-state index contributed by atoms with van der Waals surface area (Å²) in [5.74, 6) is 1.19. The Morgan fingerprint density at radius 1 is 1.14 bits per heavy atom. The number of likely N-dealkylation sites (tertiary alicyclic amines) is 1. The molecule has 2 aliphatic heterocycles. The molecule has 144 valence electrons. The van der Waals surface area contributed by atoms with Crippen LogP contribution in [0.5, 0.6) is 11.5 Å². The van der Waals surface area contributed by atoms with Gasteiger partial charge in [-0.05, 0) is 49.2 Å². The molecule has 1 atom stereocenters. The van der Waals surface area contributed by atoms with Crippen LogP contribution in [-0.4, -0.2) is 43.0 Å². The zero-order valence-electron chi connectivity index (χ0n) is 15.7. The monoisotopic (exact) mass is 378 g/mol. The maximum absolute atomic E-state index is 13.0. The first kappa shape index (κ1) is 18.1. The minimum absolute atomic E-state index is 0.137. The van der Waals surface area contributed by atoms with Gasteiger partial charge in [0, 0.05) is 17.8 Å². The second kappa shape index (κ2) is 7.76. The van der Waals surface area contributed by atoms with Gasteiger partial charge in [0.05, 0.1) is 12.7 Å². The molecule has 0 aliphatic carbocycles. The van der Waals surface area contributed by atoms with E-state index < -0.39 is 6.04 Å². The molecule has 0 aromatic heterocycles. The van der Waals surface area contributed by atoms with E-state index in [0.29, 0.717) is 24.2 Å². The molecule has 6 heteroatoms. The number of benzene rings is 2. The largest absolute Gasteiger partial charge is 0.497 e. The molecule has 1 unspecified atom stereocenters. The van der Waals surface area contributed by atoms with Crippen LogP contribution >= 0.6 is 0 Å². The number of nitrogens with zero attached hydrogens (tertiary/aromatic N) is 1. The van der Waals surface area contributed by atoms with Gasteiger partial charge in [0.1, 0.15) is 24.1 Å². The first-order valence-corrected chi connectivity index (χ1v) is 9.34. The summed E-state index contributed by atoms with van der Waals surface area (Å²) in [6.45, 7) is 0.789. The number of anilines is 1. The van der Waals surface area contributed by atoms with E-state index in [9.17, 15) is 9.59 Å². The lowest BCUT2D eigenvalue weighted by molar-refractivity contribution is -0.133. The third kappa shape index (κ3) is 3.58. The highest BCUT2D eigenvalue weighted by Crippen LogP contribution is 2.28. The fourth-order valence-electron chi connectivity index (χ4n) is 3.61. The lowest BCUT2D eigenvalue weighted by Crippen LogP contribution is -2.44. The number of methoxy groups -OCH3 is 1. The van der Waals surface area contributed by atoms with Crippen molar-refractivity contribution in [3.63, 3.8) is 0 Å². The lowest BCUT2D eigenvalue weighted by Gasteiger charge is -2.26. The Bertz CT molecular complexity index is 920. The number of amides is 2. The van der Waals surface area contributed by atoms with Gasteiger partial charge in [0.15, 0.2) is 0 Å². The standard InChI is InChI=1S/C22H22N2O4/c1-27-18-10-8-17(9-11-18)23-21(25)19-6-4-12-24(19)22(26)16-13-15-5-2-3-7-20(15)28-14-16/h2-3,5,7-11,13,19H,4,6,12,14H2,1H3,(H,23,25). The molecule has 0 saturated carbocycles. The Kier molecular flexibility index (Phi) is 5.02. The number of para-hydroxylation sites is 1. The van der Waals surface area contributed by atoms with Gasteiger partial charge in [0.2, 0.25) is 5.91 Å². The number of ether oxygens (including phenoxy) is 2. The van der Waals surface area contributed by atoms with E-state index in [1.807, 2.05) is 30.3 Å². The van der Waals surface area contributed by atoms with Crippen LogP contribution in [0.4, 0.5) is 5.69 Å². The van der Waals surface area contributed by atoms with Crippen molar-refractivity contribution in [1.82, 2.24) is 4.90 Å². The summed E-state index contributed by atoms with van der Waals surface area (Å²) in [4.78, 5) is 27.5. The van der Waals surface area contributed by atoms with Crippen molar-refractivity contribution in [3.05, 3.63) is 59.7 Å². The minimum Gasteiger partial charge on any atom is -0.497 e. The van der Waals surface area contributed by atoms with E-state index in [-0.39, 0.29) is 18.4 Å². The number of hydrogen-bond donors (Lipinski definition) is 1. The molecule has 1 fully saturated rings. The van der Waals surface area contributed by atoms with Crippen LogP contribution in [0.15, 0.2) is 54.1 Å². The lowest BCUT2D eigenvalue weighted by atomic mass is 10.1. The van der Waals surface area contributed by atoms with Gasteiger partial charge >= 0.3 is 0 Å². The summed E-state index contributed by atoms with van der Waals surface area (Å²) < 4.78 is 10.8. The molecule has 2 aromatic carbocycles. The van der Waals surface area contributed by atoms with E-state index in [0.717, 1.165) is 23.5 Å². The first-order chi connectivity index (χ1) is 13.7. The van der Waals surface area contributed by atoms with E-state index in [1.54, 1.807) is 36.3 Å². The molecule has 0 bridgehead atoms. The smallest absolute Gasteiger partial charge is 0.253 e. The van der Waals surface area contributed by atoms with Gasteiger partial charge in [-0.15, -0.1) is 0 Å². The Balaban J connectivity index is 1.47. The SMILES string of the molecule is COc1ccc(NC(=O)C2CCCN2C(=O)C2=Cc3ccccc3OC2)cc1. The maximum atomic E-state index is 13.0. The summed E-state index contributed by atoms with van der Waals surface area (Å²) in [6, 6.07) is 14.3. The fourth-order valence-corrected chi connectivity index (χ4v) is 3.61. The van der Waals surface area contributed by atoms with Gasteiger partial charge in [-0.1, -0.05) is 18.2 Å². The van der Waals surface area contributed by atoms with E-state index in [2.05, 4.69) is 5.32 Å². The molecule has 6 nitrogen and oxygen atoms in total. The van der Waals surface area contributed by atoms with Crippen LogP contribution < -0.4 is 14.8 Å². The number of carbonyl (C=O) groups excluding carboxylic acids is 2. The van der Waals surface area contributed by atoms with E-state index >= 15 is 0 Å². The highest BCUT2D eigenvalue weighted by Gasteiger charge is 2.36. The van der Waals surface area contributed by atoms with Crippen LogP contribution in [0.2, 0.25) is 0 Å². The third-order valence-corrected chi connectivity index (χ3v) is 5.08. The summed E-state index contributed by atoms with van der Waals surface area (Å²) in [5.41, 5.74) is 2.14. The molecule has 28 heavy (non-hydrogen) atoms. The second-order valence-electron chi connectivity index (χ2n) is 6.87. The first-order valence-electron chi connectivity index (χ1n) is 9.34. The van der Waals surface area contributed by atoms with Crippen LogP contribution in [-0.2, 0) is 9.59 Å². The highest BCUT2D eigenvalue weighted by atomic mass is 16.5. The Hall–Kier alpha value is -3.28. The molecule has 1 saturated heterocycles. The molecule has 4 rings (SSSR count). The van der Waals surface area contributed by atoms with Crippen molar-refractivity contribution < 1.29 is 19.1 Å². The molecule has 2 aromatic rings. The number of carbonyl (C=O) groups is 2. The van der Waals surface area contributed by atoms with E-state index in [4.69, 9.17) is 9.47 Å². The zero-order chi connectivity index (χ0) is 19.5. The summed E-state index contributed by atoms with van der Waals surface area (Å²) >= 11 is 0. The average Bonchev–Trinajstić information content (AvgIpc) is 3.23.